The van der Waals surface area contributed by atoms with Crippen molar-refractivity contribution in [2.45, 2.75) is 152 Å². The van der Waals surface area contributed by atoms with Crippen LogP contribution in [0.3, 0.4) is 0 Å². The standard InChI is InChI=1S/C28H36ClN7O4S.C26H34ClN7O3S.CH4/c1-16(2)41(38,39)27-24(15-35(5)34-27)31-26-22(29)14-30-28(33-26)32-23-12-17(3)21(13-25(23)40-20-6-7-20)19-8-10-36(11-9-19)18(4)37;1-15(2)38(35,36)25-22(14-34(4)33-25)30-24-20(27)13-29-26(32-24)31-21-11-16(3)19(17-7-9-28-10-8-17)12-23(21)37-18-5-6-18;/h12-16,19-20H,6-11H2,1-5H3,(H2,30,31,32,33);11-15,17-18,28H,5-10H2,1-4H3,(H2,29,30,31,32);1H4. The van der Waals surface area contributed by atoms with E-state index in [4.69, 9.17) is 32.7 Å². The van der Waals surface area contributed by atoms with Gasteiger partial charge >= 0.3 is 0 Å². The van der Waals surface area contributed by atoms with Crippen LogP contribution in [0.15, 0.2) is 59.1 Å². The molecule has 1 amide bonds. The molecule has 80 heavy (non-hydrogen) atoms. The Morgan fingerprint density at radius 1 is 0.625 bits per heavy atom. The Labute approximate surface area is 479 Å². The van der Waals surface area contributed by atoms with E-state index in [0.29, 0.717) is 23.5 Å². The van der Waals surface area contributed by atoms with E-state index < -0.39 is 30.2 Å². The number of likely N-dealkylation sites (tertiary alicyclic amines) is 1. The number of halogens is 2. The molecule has 0 radical (unpaired) electrons. The van der Waals surface area contributed by atoms with Gasteiger partial charge in [0, 0.05) is 46.5 Å². The molecule has 0 spiro atoms. The summed E-state index contributed by atoms with van der Waals surface area (Å²) < 4.78 is 66.9. The zero-order chi connectivity index (χ0) is 56.5. The van der Waals surface area contributed by atoms with Crippen LogP contribution in [0, 0.1) is 13.8 Å². The quantitative estimate of drug-likeness (QED) is 0.0536. The van der Waals surface area contributed by atoms with Gasteiger partial charge in [-0.15, -0.1) is 0 Å². The fourth-order valence-electron chi connectivity index (χ4n) is 9.55. The molecule has 0 unspecified atom stereocenters. The Morgan fingerprint density at radius 3 is 1.40 bits per heavy atom. The smallest absolute Gasteiger partial charge is 0.229 e. The number of carbonyl (C=O) groups is 1. The average molecular weight is 1180 g/mol. The molecule has 0 bridgehead atoms. The molecule has 25 heteroatoms. The average Bonchev–Trinajstić information content (AvgIpc) is 4.38. The molecule has 432 valence electrons. The van der Waals surface area contributed by atoms with Crippen molar-refractivity contribution in [3.63, 3.8) is 0 Å². The van der Waals surface area contributed by atoms with Gasteiger partial charge in [0.1, 0.15) is 21.5 Å². The molecule has 2 saturated carbocycles. The molecule has 2 aliphatic carbocycles. The lowest BCUT2D eigenvalue weighted by Crippen LogP contribution is -2.36. The largest absolute Gasteiger partial charge is 0.488 e. The van der Waals surface area contributed by atoms with Crippen LogP contribution in [0.2, 0.25) is 10.0 Å². The SMILES string of the molecule is C.CC(=O)N1CCC(c2cc(OC3CC3)c(Nc3ncc(Cl)c(Nc4cn(C)nc4S(=O)(=O)C(C)C)n3)cc2C)CC1.Cc1cc(Nc2ncc(Cl)c(Nc3cn(C)nc3S(=O)(=O)C(C)C)n2)c(OC2CC2)cc1C1CCNCC1. The summed E-state index contributed by atoms with van der Waals surface area (Å²) in [5.74, 6) is 3.59. The number of nitrogens with one attached hydrogen (secondary N) is 5. The number of ether oxygens (including phenoxy) is 2. The number of aryl methyl sites for hydroxylation is 4. The molecule has 5 N–H and O–H groups in total. The monoisotopic (exact) mass is 1180 g/mol. The lowest BCUT2D eigenvalue weighted by atomic mass is 9.86. The van der Waals surface area contributed by atoms with Crippen molar-refractivity contribution in [3.05, 3.63) is 81.4 Å². The zero-order valence-electron chi connectivity index (χ0n) is 46.0. The minimum atomic E-state index is -3.65. The molecular formula is C55H74Cl2N14O7S2. The first-order valence-electron chi connectivity index (χ1n) is 26.8. The first kappa shape index (κ1) is 59.8. The van der Waals surface area contributed by atoms with Crippen LogP contribution < -0.4 is 36.1 Å². The highest BCUT2D eigenvalue weighted by atomic mass is 35.5. The number of anilines is 8. The van der Waals surface area contributed by atoms with Gasteiger partial charge in [-0.3, -0.25) is 14.2 Å². The lowest BCUT2D eigenvalue weighted by molar-refractivity contribution is -0.129. The van der Waals surface area contributed by atoms with Crippen LogP contribution in [0.1, 0.15) is 128 Å². The highest BCUT2D eigenvalue weighted by molar-refractivity contribution is 7.92. The number of aromatic nitrogens is 8. The molecule has 2 aromatic carbocycles. The van der Waals surface area contributed by atoms with Crippen LogP contribution in [-0.2, 0) is 38.6 Å². The van der Waals surface area contributed by atoms with E-state index in [1.165, 1.54) is 38.4 Å². The van der Waals surface area contributed by atoms with Crippen LogP contribution in [0.5, 0.6) is 11.5 Å². The number of piperidine rings is 2. The Balaban J connectivity index is 0.000000208. The highest BCUT2D eigenvalue weighted by Gasteiger charge is 2.32. The van der Waals surface area contributed by atoms with E-state index in [0.717, 1.165) is 106 Å². The summed E-state index contributed by atoms with van der Waals surface area (Å²) in [5.41, 5.74) is 6.94. The highest BCUT2D eigenvalue weighted by Crippen LogP contribution is 2.42. The first-order chi connectivity index (χ1) is 37.5. The summed E-state index contributed by atoms with van der Waals surface area (Å²) in [5, 5.41) is 23.5. The van der Waals surface area contributed by atoms with Crippen molar-refractivity contribution < 1.29 is 31.1 Å². The maximum Gasteiger partial charge on any atom is 0.229 e. The summed E-state index contributed by atoms with van der Waals surface area (Å²) in [4.78, 5) is 31.5. The third-order valence-corrected chi connectivity index (χ3v) is 19.1. The molecule has 4 aromatic heterocycles. The maximum atomic E-state index is 12.9. The molecule has 0 atom stereocenters. The number of nitrogens with zero attached hydrogens (tertiary/aromatic N) is 9. The number of benzene rings is 2. The van der Waals surface area contributed by atoms with E-state index in [1.54, 1.807) is 61.1 Å². The van der Waals surface area contributed by atoms with E-state index in [-0.39, 0.29) is 68.9 Å². The molecule has 4 aliphatic rings. The van der Waals surface area contributed by atoms with Gasteiger partial charge in [0.05, 0.1) is 57.9 Å². The second-order valence-corrected chi connectivity index (χ2v) is 27.0. The first-order valence-corrected chi connectivity index (χ1v) is 30.7. The second-order valence-electron chi connectivity index (χ2n) is 21.4. The van der Waals surface area contributed by atoms with Gasteiger partial charge in [0.25, 0.3) is 0 Å². The van der Waals surface area contributed by atoms with Gasteiger partial charge in [0.15, 0.2) is 11.6 Å². The van der Waals surface area contributed by atoms with E-state index in [1.807, 2.05) is 11.0 Å². The third kappa shape index (κ3) is 14.1. The van der Waals surface area contributed by atoms with Crippen molar-refractivity contribution in [3.8, 4) is 11.5 Å². The van der Waals surface area contributed by atoms with Crippen molar-refractivity contribution in [2.75, 3.05) is 47.4 Å². The number of sulfone groups is 2. The molecule has 6 aromatic rings. The van der Waals surface area contributed by atoms with Crippen molar-refractivity contribution in [1.82, 2.24) is 49.7 Å². The fraction of sp³-hybridized carbons (Fsp3) is 0.509. The zero-order valence-corrected chi connectivity index (χ0v) is 49.2. The Hall–Kier alpha value is -6.27. The van der Waals surface area contributed by atoms with Crippen molar-refractivity contribution in [1.29, 1.82) is 0 Å². The fourth-order valence-corrected chi connectivity index (χ4v) is 12.0. The molecule has 10 rings (SSSR count). The number of hydrogen-bond acceptors (Lipinski definition) is 18. The van der Waals surface area contributed by atoms with Crippen LogP contribution in [0.4, 0.5) is 46.3 Å². The predicted molar refractivity (Wildman–Crippen MR) is 314 cm³/mol. The van der Waals surface area contributed by atoms with E-state index in [9.17, 15) is 21.6 Å². The van der Waals surface area contributed by atoms with Crippen LogP contribution >= 0.6 is 23.2 Å². The topological polar surface area (TPSA) is 254 Å². The summed E-state index contributed by atoms with van der Waals surface area (Å²) in [6, 6.07) is 8.41. The second kappa shape index (κ2) is 24.8. The minimum Gasteiger partial charge on any atom is -0.488 e. The molecule has 6 heterocycles. The Kier molecular flexibility index (Phi) is 18.6. The van der Waals surface area contributed by atoms with Gasteiger partial charge in [-0.2, -0.15) is 20.2 Å². The summed E-state index contributed by atoms with van der Waals surface area (Å²) in [6.45, 7) is 15.8. The summed E-state index contributed by atoms with van der Waals surface area (Å²) >= 11 is 12.8. The van der Waals surface area contributed by atoms with Gasteiger partial charge < -0.3 is 41.0 Å². The summed E-state index contributed by atoms with van der Waals surface area (Å²) in [7, 11) is -3.96. The lowest BCUT2D eigenvalue weighted by Gasteiger charge is -2.32. The summed E-state index contributed by atoms with van der Waals surface area (Å²) in [6.07, 6.45) is 14.7. The predicted octanol–water partition coefficient (Wildman–Crippen LogP) is 10.6. The maximum absolute atomic E-state index is 12.9. The van der Waals surface area contributed by atoms with Gasteiger partial charge in [0.2, 0.25) is 47.5 Å². The Bertz CT molecular complexity index is 3440. The Morgan fingerprint density at radius 2 is 1.02 bits per heavy atom. The molecule has 4 fully saturated rings. The van der Waals surface area contributed by atoms with Gasteiger partial charge in [-0.05, 0) is 164 Å². The van der Waals surface area contributed by atoms with Gasteiger partial charge in [-0.1, -0.05) is 30.6 Å². The third-order valence-electron chi connectivity index (χ3n) is 14.4. The number of rotatable bonds is 18. The van der Waals surface area contributed by atoms with Crippen LogP contribution in [-0.4, -0.2) is 116 Å². The normalized spacial score (nSPS) is 16.2. The number of hydrogen-bond donors (Lipinski definition) is 5. The van der Waals surface area contributed by atoms with Crippen molar-refractivity contribution >= 4 is 95.1 Å². The minimum absolute atomic E-state index is 0. The molecule has 2 saturated heterocycles. The molecule has 21 nitrogen and oxygen atoms in total. The van der Waals surface area contributed by atoms with E-state index in [2.05, 4.69) is 88.8 Å². The molecular weight excluding hydrogens is 1100 g/mol. The number of amides is 1. The number of carbonyl (C=O) groups excluding carboxylic acids is 1. The van der Waals surface area contributed by atoms with Crippen LogP contribution in [0.25, 0.3) is 0 Å². The van der Waals surface area contributed by atoms with Crippen molar-refractivity contribution in [2.24, 2.45) is 14.1 Å². The van der Waals surface area contributed by atoms with E-state index >= 15 is 0 Å². The molecule has 2 aliphatic heterocycles. The van der Waals surface area contributed by atoms with Gasteiger partial charge in [-0.25, -0.2) is 26.8 Å².